The Labute approximate surface area is 126 Å². The van der Waals surface area contributed by atoms with Crippen molar-refractivity contribution in [1.29, 1.82) is 0 Å². The Hall–Kier alpha value is -2.53. The smallest absolute Gasteiger partial charge is 0.335 e. The van der Waals surface area contributed by atoms with Crippen LogP contribution in [0.4, 0.5) is 5.69 Å². The number of nitrogens with zero attached hydrogens (tertiary/aromatic N) is 1. The van der Waals surface area contributed by atoms with E-state index >= 15 is 0 Å². The first-order valence-electron chi connectivity index (χ1n) is 6.00. The molecule has 0 saturated carbocycles. The quantitative estimate of drug-likeness (QED) is 0.913. The number of carbonyl (C=O) groups excluding carboxylic acids is 1. The average Bonchev–Trinajstić information content (AvgIpc) is 2.48. The van der Waals surface area contributed by atoms with Crippen LogP contribution in [0.15, 0.2) is 42.5 Å². The predicted octanol–water partition coefficient (Wildman–Crippen LogP) is 3.02. The maximum Gasteiger partial charge on any atom is 0.335 e. The Morgan fingerprint density at radius 1 is 1.10 bits per heavy atom. The highest BCUT2D eigenvalue weighted by atomic mass is 35.5. The highest BCUT2D eigenvalue weighted by Crippen LogP contribution is 2.25. The van der Waals surface area contributed by atoms with Crippen molar-refractivity contribution in [2.75, 3.05) is 11.9 Å². The van der Waals surface area contributed by atoms with E-state index < -0.39 is 11.9 Å². The van der Waals surface area contributed by atoms with Crippen LogP contribution in [0.2, 0.25) is 5.02 Å². The topological polar surface area (TPSA) is 77.8 Å². The van der Waals surface area contributed by atoms with Crippen LogP contribution in [-0.4, -0.2) is 29.1 Å². The summed E-state index contributed by atoms with van der Waals surface area (Å²) in [6, 6.07) is 10.0. The molecular weight excluding hydrogens is 294 g/mol. The molecule has 0 unspecified atom stereocenters. The number of carboxylic acids is 1. The van der Waals surface area contributed by atoms with Gasteiger partial charge < -0.3 is 15.1 Å². The molecule has 0 radical (unpaired) electrons. The number of hydrogen-bond donors (Lipinski definition) is 2. The van der Waals surface area contributed by atoms with Crippen LogP contribution in [0.1, 0.15) is 20.7 Å². The fourth-order valence-corrected chi connectivity index (χ4v) is 1.98. The summed E-state index contributed by atoms with van der Waals surface area (Å²) in [6.45, 7) is 0. The van der Waals surface area contributed by atoms with Crippen molar-refractivity contribution in [2.45, 2.75) is 0 Å². The van der Waals surface area contributed by atoms with Gasteiger partial charge in [0.25, 0.3) is 5.91 Å². The van der Waals surface area contributed by atoms with Gasteiger partial charge >= 0.3 is 5.97 Å². The largest absolute Gasteiger partial charge is 0.507 e. The third kappa shape index (κ3) is 3.14. The maximum absolute atomic E-state index is 12.3. The average molecular weight is 306 g/mol. The lowest BCUT2D eigenvalue weighted by Gasteiger charge is -2.18. The van der Waals surface area contributed by atoms with Crippen LogP contribution < -0.4 is 4.90 Å². The van der Waals surface area contributed by atoms with Crippen LogP contribution in [0, 0.1) is 0 Å². The molecule has 0 atom stereocenters. The molecule has 6 heteroatoms. The molecule has 0 heterocycles. The number of phenolic OH excluding ortho intramolecular Hbond substituents is 1. The van der Waals surface area contributed by atoms with Crippen LogP contribution >= 0.6 is 11.6 Å². The van der Waals surface area contributed by atoms with Gasteiger partial charge in [-0.05, 0) is 42.5 Å². The molecule has 0 spiro atoms. The first-order valence-corrected chi connectivity index (χ1v) is 6.38. The summed E-state index contributed by atoms with van der Waals surface area (Å²) >= 11 is 5.82. The van der Waals surface area contributed by atoms with Crippen LogP contribution in [-0.2, 0) is 0 Å². The number of carbonyl (C=O) groups is 2. The van der Waals surface area contributed by atoms with E-state index in [9.17, 15) is 14.7 Å². The number of halogens is 1. The van der Waals surface area contributed by atoms with E-state index in [4.69, 9.17) is 16.7 Å². The summed E-state index contributed by atoms with van der Waals surface area (Å²) in [7, 11) is 1.53. The number of anilines is 1. The molecular formula is C15H12ClNO4. The molecule has 108 valence electrons. The molecule has 21 heavy (non-hydrogen) atoms. The van der Waals surface area contributed by atoms with Gasteiger partial charge in [0.05, 0.1) is 11.1 Å². The van der Waals surface area contributed by atoms with E-state index in [1.807, 2.05) is 0 Å². The number of amides is 1. The number of hydrogen-bond acceptors (Lipinski definition) is 3. The fraction of sp³-hybridized carbons (Fsp3) is 0.0667. The molecule has 0 fully saturated rings. The highest BCUT2D eigenvalue weighted by molar-refractivity contribution is 6.31. The summed E-state index contributed by atoms with van der Waals surface area (Å²) in [5.41, 5.74) is 0.710. The Kier molecular flexibility index (Phi) is 4.14. The van der Waals surface area contributed by atoms with E-state index in [2.05, 4.69) is 0 Å². The maximum atomic E-state index is 12.3. The molecule has 2 aromatic carbocycles. The summed E-state index contributed by atoms with van der Waals surface area (Å²) in [4.78, 5) is 24.4. The minimum absolute atomic E-state index is 0.0762. The van der Waals surface area contributed by atoms with E-state index in [0.29, 0.717) is 10.7 Å². The molecule has 0 saturated heterocycles. The van der Waals surface area contributed by atoms with Crippen molar-refractivity contribution in [3.8, 4) is 5.75 Å². The van der Waals surface area contributed by atoms with Gasteiger partial charge in [-0.1, -0.05) is 11.6 Å². The number of aromatic carboxylic acids is 1. The Morgan fingerprint density at radius 2 is 1.71 bits per heavy atom. The van der Waals surface area contributed by atoms with Gasteiger partial charge in [-0.15, -0.1) is 0 Å². The van der Waals surface area contributed by atoms with Gasteiger partial charge in [0.1, 0.15) is 5.75 Å². The van der Waals surface area contributed by atoms with Gasteiger partial charge in [-0.3, -0.25) is 4.79 Å². The van der Waals surface area contributed by atoms with E-state index in [1.165, 1.54) is 54.4 Å². The zero-order valence-corrected chi connectivity index (χ0v) is 11.8. The van der Waals surface area contributed by atoms with Crippen molar-refractivity contribution in [1.82, 2.24) is 0 Å². The van der Waals surface area contributed by atoms with Gasteiger partial charge in [-0.2, -0.15) is 0 Å². The molecule has 2 aromatic rings. The third-order valence-corrected chi connectivity index (χ3v) is 3.23. The zero-order valence-electron chi connectivity index (χ0n) is 11.1. The van der Waals surface area contributed by atoms with Crippen LogP contribution in [0.5, 0.6) is 5.75 Å². The number of phenols is 1. The molecule has 2 rings (SSSR count). The van der Waals surface area contributed by atoms with Gasteiger partial charge in [0.15, 0.2) is 0 Å². The lowest BCUT2D eigenvalue weighted by molar-refractivity contribution is 0.0696. The predicted molar refractivity (Wildman–Crippen MR) is 79.3 cm³/mol. The molecule has 1 amide bonds. The van der Waals surface area contributed by atoms with Gasteiger partial charge in [0, 0.05) is 17.8 Å². The van der Waals surface area contributed by atoms with E-state index in [-0.39, 0.29) is 16.9 Å². The Balaban J connectivity index is 2.30. The second kappa shape index (κ2) is 5.85. The van der Waals surface area contributed by atoms with Crippen molar-refractivity contribution >= 4 is 29.2 Å². The summed E-state index contributed by atoms with van der Waals surface area (Å²) in [5.74, 6) is -1.65. The molecule has 2 N–H and O–H groups in total. The highest BCUT2D eigenvalue weighted by Gasteiger charge is 2.18. The summed E-state index contributed by atoms with van der Waals surface area (Å²) in [6.07, 6.45) is 0. The first-order chi connectivity index (χ1) is 9.90. The second-order valence-electron chi connectivity index (χ2n) is 4.38. The number of benzene rings is 2. The van der Waals surface area contributed by atoms with Gasteiger partial charge in [-0.25, -0.2) is 4.79 Å². The number of aromatic hydroxyl groups is 1. The van der Waals surface area contributed by atoms with Crippen molar-refractivity contribution < 1.29 is 19.8 Å². The van der Waals surface area contributed by atoms with E-state index in [1.54, 1.807) is 0 Å². The summed E-state index contributed by atoms with van der Waals surface area (Å²) in [5, 5.41) is 18.9. The molecule has 0 aliphatic heterocycles. The standard InChI is InChI=1S/C15H12ClNO4/c1-17(11-5-2-9(3-6-11)15(20)21)14(19)12-8-10(16)4-7-13(12)18/h2-8,18H,1H3,(H,20,21). The second-order valence-corrected chi connectivity index (χ2v) is 4.81. The Morgan fingerprint density at radius 3 is 2.29 bits per heavy atom. The lowest BCUT2D eigenvalue weighted by Crippen LogP contribution is -2.26. The SMILES string of the molecule is CN(C(=O)c1cc(Cl)ccc1O)c1ccc(C(=O)O)cc1. The normalized spacial score (nSPS) is 10.2. The van der Waals surface area contributed by atoms with Crippen molar-refractivity contribution in [3.63, 3.8) is 0 Å². The lowest BCUT2D eigenvalue weighted by atomic mass is 10.1. The molecule has 5 nitrogen and oxygen atoms in total. The minimum atomic E-state index is -1.04. The van der Waals surface area contributed by atoms with Crippen molar-refractivity contribution in [3.05, 3.63) is 58.6 Å². The third-order valence-electron chi connectivity index (χ3n) is 3.00. The van der Waals surface area contributed by atoms with Crippen LogP contribution in [0.25, 0.3) is 0 Å². The molecule has 0 aromatic heterocycles. The molecule has 0 aliphatic carbocycles. The molecule has 0 bridgehead atoms. The van der Waals surface area contributed by atoms with Crippen LogP contribution in [0.3, 0.4) is 0 Å². The first kappa shape index (κ1) is 14.9. The number of rotatable bonds is 3. The zero-order chi connectivity index (χ0) is 15.6. The fourth-order valence-electron chi connectivity index (χ4n) is 1.81. The monoisotopic (exact) mass is 305 g/mol. The number of carboxylic acid groups (broad SMARTS) is 1. The Bertz CT molecular complexity index is 697. The van der Waals surface area contributed by atoms with Crippen molar-refractivity contribution in [2.24, 2.45) is 0 Å². The van der Waals surface area contributed by atoms with E-state index in [0.717, 1.165) is 0 Å². The molecule has 0 aliphatic rings. The van der Waals surface area contributed by atoms with Gasteiger partial charge in [0.2, 0.25) is 0 Å². The summed E-state index contributed by atoms with van der Waals surface area (Å²) < 4.78 is 0. The minimum Gasteiger partial charge on any atom is -0.507 e.